The van der Waals surface area contributed by atoms with Crippen molar-refractivity contribution in [3.8, 4) is 0 Å². The van der Waals surface area contributed by atoms with Gasteiger partial charge >= 0.3 is 0 Å². The molecule has 0 atom stereocenters. The highest BCUT2D eigenvalue weighted by Gasteiger charge is 2.11. The highest BCUT2D eigenvalue weighted by molar-refractivity contribution is 6.34. The van der Waals surface area contributed by atoms with Crippen LogP contribution in [0.1, 0.15) is 10.4 Å². The average Bonchev–Trinajstić information content (AvgIpc) is 2.32. The molecule has 0 radical (unpaired) electrons. The van der Waals surface area contributed by atoms with Gasteiger partial charge in [0, 0.05) is 6.20 Å². The molecule has 0 aliphatic rings. The second kappa shape index (κ2) is 5.33. The lowest BCUT2D eigenvalue weighted by Crippen LogP contribution is -2.13. The molecule has 1 aromatic carbocycles. The SMILES string of the molecule is O=C(Nc1ccc(Cl)cn1)c1ccc(F)cc1Cl. The molecular weight excluding hydrogens is 278 g/mol. The van der Waals surface area contributed by atoms with Crippen LogP contribution in [0.4, 0.5) is 10.2 Å². The van der Waals surface area contributed by atoms with E-state index in [1.165, 1.54) is 12.3 Å². The predicted octanol–water partition coefficient (Wildman–Crippen LogP) is 3.78. The Hall–Kier alpha value is -1.65. The number of rotatable bonds is 2. The molecule has 0 fully saturated rings. The Labute approximate surface area is 113 Å². The number of anilines is 1. The first-order valence-corrected chi connectivity index (χ1v) is 5.70. The molecule has 3 nitrogen and oxygen atoms in total. The van der Waals surface area contributed by atoms with Gasteiger partial charge in [-0.3, -0.25) is 4.79 Å². The number of amides is 1. The number of hydrogen-bond acceptors (Lipinski definition) is 2. The van der Waals surface area contributed by atoms with Crippen LogP contribution in [-0.2, 0) is 0 Å². The molecule has 0 aliphatic carbocycles. The van der Waals surface area contributed by atoms with Crippen LogP contribution in [0.5, 0.6) is 0 Å². The minimum absolute atomic E-state index is 0.0430. The zero-order chi connectivity index (χ0) is 13.1. The van der Waals surface area contributed by atoms with Gasteiger partial charge in [0.2, 0.25) is 0 Å². The summed E-state index contributed by atoms with van der Waals surface area (Å²) < 4.78 is 12.8. The standard InChI is InChI=1S/C12H7Cl2FN2O/c13-7-1-4-11(16-6-7)17-12(18)9-3-2-8(15)5-10(9)14/h1-6H,(H,16,17,18). The van der Waals surface area contributed by atoms with Gasteiger partial charge in [-0.25, -0.2) is 9.37 Å². The largest absolute Gasteiger partial charge is 0.307 e. The monoisotopic (exact) mass is 284 g/mol. The van der Waals surface area contributed by atoms with Gasteiger partial charge in [-0.05, 0) is 30.3 Å². The number of carbonyl (C=O) groups is 1. The topological polar surface area (TPSA) is 42.0 Å². The van der Waals surface area contributed by atoms with Crippen LogP contribution >= 0.6 is 23.2 Å². The number of carbonyl (C=O) groups excluding carboxylic acids is 1. The fourth-order valence-electron chi connectivity index (χ4n) is 1.31. The van der Waals surface area contributed by atoms with Crippen LogP contribution in [0.25, 0.3) is 0 Å². The highest BCUT2D eigenvalue weighted by atomic mass is 35.5. The van der Waals surface area contributed by atoms with Gasteiger partial charge in [0.05, 0.1) is 15.6 Å². The molecule has 0 spiro atoms. The normalized spacial score (nSPS) is 10.2. The Kier molecular flexibility index (Phi) is 3.79. The molecule has 18 heavy (non-hydrogen) atoms. The van der Waals surface area contributed by atoms with Crippen molar-refractivity contribution in [1.29, 1.82) is 0 Å². The quantitative estimate of drug-likeness (QED) is 0.912. The summed E-state index contributed by atoms with van der Waals surface area (Å²) in [6, 6.07) is 6.69. The maximum atomic E-state index is 12.8. The third-order valence-electron chi connectivity index (χ3n) is 2.14. The maximum Gasteiger partial charge on any atom is 0.258 e. The zero-order valence-electron chi connectivity index (χ0n) is 8.95. The first-order valence-electron chi connectivity index (χ1n) is 4.94. The number of benzene rings is 1. The summed E-state index contributed by atoms with van der Waals surface area (Å²) in [5.41, 5.74) is 0.176. The number of pyridine rings is 1. The lowest BCUT2D eigenvalue weighted by atomic mass is 10.2. The van der Waals surface area contributed by atoms with Crippen molar-refractivity contribution < 1.29 is 9.18 Å². The van der Waals surface area contributed by atoms with E-state index < -0.39 is 11.7 Å². The number of halogens is 3. The van der Waals surface area contributed by atoms with Gasteiger partial charge in [-0.2, -0.15) is 0 Å². The van der Waals surface area contributed by atoms with Gasteiger partial charge in [0.25, 0.3) is 5.91 Å². The minimum atomic E-state index is -0.499. The summed E-state index contributed by atoms with van der Waals surface area (Å²) in [7, 11) is 0. The third kappa shape index (κ3) is 2.97. The first kappa shape index (κ1) is 12.8. The van der Waals surface area contributed by atoms with Gasteiger partial charge < -0.3 is 5.32 Å². The van der Waals surface area contributed by atoms with Crippen LogP contribution in [0.15, 0.2) is 36.5 Å². The lowest BCUT2D eigenvalue weighted by Gasteiger charge is -2.06. The van der Waals surface area contributed by atoms with Crippen LogP contribution in [0.2, 0.25) is 10.0 Å². The summed E-state index contributed by atoms with van der Waals surface area (Å²) in [6.07, 6.45) is 1.41. The van der Waals surface area contributed by atoms with Crippen molar-refractivity contribution in [1.82, 2.24) is 4.98 Å². The summed E-state index contributed by atoms with van der Waals surface area (Å²) in [6.45, 7) is 0. The van der Waals surface area contributed by atoms with E-state index in [0.29, 0.717) is 10.8 Å². The molecule has 1 aromatic heterocycles. The Morgan fingerprint density at radius 2 is 2.00 bits per heavy atom. The smallest absolute Gasteiger partial charge is 0.258 e. The fraction of sp³-hybridized carbons (Fsp3) is 0. The maximum absolute atomic E-state index is 12.8. The third-order valence-corrected chi connectivity index (χ3v) is 2.68. The van der Waals surface area contributed by atoms with Gasteiger partial charge in [-0.15, -0.1) is 0 Å². The lowest BCUT2D eigenvalue weighted by molar-refractivity contribution is 0.102. The zero-order valence-corrected chi connectivity index (χ0v) is 10.5. The molecular formula is C12H7Cl2FN2O. The predicted molar refractivity (Wildman–Crippen MR) is 68.6 cm³/mol. The van der Waals surface area contributed by atoms with Crippen LogP contribution < -0.4 is 5.32 Å². The van der Waals surface area contributed by atoms with Crippen LogP contribution in [0.3, 0.4) is 0 Å². The van der Waals surface area contributed by atoms with Crippen molar-refractivity contribution in [3.05, 3.63) is 58.0 Å². The number of hydrogen-bond donors (Lipinski definition) is 1. The van der Waals surface area contributed by atoms with Crippen molar-refractivity contribution in [2.24, 2.45) is 0 Å². The first-order chi connectivity index (χ1) is 8.56. The molecule has 0 bridgehead atoms. The van der Waals surface area contributed by atoms with Gasteiger partial charge in [0.15, 0.2) is 0 Å². The summed E-state index contributed by atoms with van der Waals surface area (Å²) >= 11 is 11.4. The van der Waals surface area contributed by atoms with Gasteiger partial charge in [-0.1, -0.05) is 23.2 Å². The molecule has 1 N–H and O–H groups in total. The molecule has 0 saturated carbocycles. The second-order valence-corrected chi connectivity index (χ2v) is 4.28. The fourth-order valence-corrected chi connectivity index (χ4v) is 1.67. The van der Waals surface area contributed by atoms with E-state index in [2.05, 4.69) is 10.3 Å². The molecule has 0 unspecified atom stereocenters. The number of nitrogens with one attached hydrogen (secondary N) is 1. The van der Waals surface area contributed by atoms with E-state index in [0.717, 1.165) is 12.1 Å². The summed E-state index contributed by atoms with van der Waals surface area (Å²) in [5.74, 6) is -0.624. The summed E-state index contributed by atoms with van der Waals surface area (Å²) in [5, 5.41) is 3.04. The van der Waals surface area contributed by atoms with Crippen molar-refractivity contribution in [2.75, 3.05) is 5.32 Å². The molecule has 92 valence electrons. The van der Waals surface area contributed by atoms with Gasteiger partial charge in [0.1, 0.15) is 11.6 Å². The Bertz CT molecular complexity index is 587. The number of aromatic nitrogens is 1. The van der Waals surface area contributed by atoms with Crippen molar-refractivity contribution in [2.45, 2.75) is 0 Å². The second-order valence-electron chi connectivity index (χ2n) is 3.44. The minimum Gasteiger partial charge on any atom is -0.307 e. The summed E-state index contributed by atoms with van der Waals surface area (Å²) in [4.78, 5) is 15.8. The molecule has 0 saturated heterocycles. The average molecular weight is 285 g/mol. The molecule has 2 rings (SSSR count). The van der Waals surface area contributed by atoms with Crippen molar-refractivity contribution in [3.63, 3.8) is 0 Å². The number of nitrogens with zero attached hydrogens (tertiary/aromatic N) is 1. The van der Waals surface area contributed by atoms with Crippen molar-refractivity contribution >= 4 is 34.9 Å². The molecule has 6 heteroatoms. The van der Waals surface area contributed by atoms with E-state index in [1.807, 2.05) is 0 Å². The molecule has 2 aromatic rings. The van der Waals surface area contributed by atoms with E-state index in [1.54, 1.807) is 12.1 Å². The molecule has 1 heterocycles. The molecule has 0 aliphatic heterocycles. The molecule has 1 amide bonds. The Balaban J connectivity index is 2.19. The van der Waals surface area contributed by atoms with E-state index >= 15 is 0 Å². The Morgan fingerprint density at radius 1 is 1.22 bits per heavy atom. The Morgan fingerprint density at radius 3 is 2.61 bits per heavy atom. The van der Waals surface area contributed by atoms with E-state index in [4.69, 9.17) is 23.2 Å². The van der Waals surface area contributed by atoms with Crippen LogP contribution in [0, 0.1) is 5.82 Å². The highest BCUT2D eigenvalue weighted by Crippen LogP contribution is 2.18. The van der Waals surface area contributed by atoms with E-state index in [9.17, 15) is 9.18 Å². The van der Waals surface area contributed by atoms with Crippen LogP contribution in [-0.4, -0.2) is 10.9 Å². The van der Waals surface area contributed by atoms with E-state index in [-0.39, 0.29) is 10.6 Å².